The molecule has 21 heavy (non-hydrogen) atoms. The van der Waals surface area contributed by atoms with E-state index in [1.807, 2.05) is 30.9 Å². The van der Waals surface area contributed by atoms with Crippen LogP contribution in [0.1, 0.15) is 20.0 Å². The zero-order valence-electron chi connectivity index (χ0n) is 13.0. The maximum absolute atomic E-state index is 12.0. The zero-order valence-corrected chi connectivity index (χ0v) is 13.8. The third-order valence-electron chi connectivity index (χ3n) is 2.98. The summed E-state index contributed by atoms with van der Waals surface area (Å²) >= 11 is 1.17. The van der Waals surface area contributed by atoms with E-state index >= 15 is 0 Å². The predicted molar refractivity (Wildman–Crippen MR) is 85.3 cm³/mol. The lowest BCUT2D eigenvalue weighted by atomic mass is 10.2. The van der Waals surface area contributed by atoms with E-state index in [0.717, 1.165) is 6.54 Å². The van der Waals surface area contributed by atoms with Gasteiger partial charge in [0.25, 0.3) is 5.91 Å². The van der Waals surface area contributed by atoms with Crippen LogP contribution in [0.2, 0.25) is 0 Å². The first-order valence-corrected chi connectivity index (χ1v) is 7.23. The Hall–Kier alpha value is -1.80. The molecule has 0 radical (unpaired) electrons. The Morgan fingerprint density at radius 1 is 1.29 bits per heavy atom. The summed E-state index contributed by atoms with van der Waals surface area (Å²) in [6, 6.07) is 0. The third kappa shape index (κ3) is 3.85. The molecule has 118 valence electrons. The van der Waals surface area contributed by atoms with Gasteiger partial charge >= 0.3 is 5.97 Å². The van der Waals surface area contributed by atoms with Gasteiger partial charge in [-0.3, -0.25) is 4.79 Å². The van der Waals surface area contributed by atoms with E-state index in [9.17, 15) is 9.59 Å². The molecule has 1 aromatic heterocycles. The highest BCUT2D eigenvalue weighted by molar-refractivity contribution is 7.19. The maximum Gasteiger partial charge on any atom is 0.350 e. The van der Waals surface area contributed by atoms with Crippen LogP contribution < -0.4 is 16.0 Å². The smallest absolute Gasteiger partial charge is 0.350 e. The van der Waals surface area contributed by atoms with Crippen molar-refractivity contribution < 1.29 is 14.3 Å². The van der Waals surface area contributed by atoms with Gasteiger partial charge in [0, 0.05) is 27.2 Å². The van der Waals surface area contributed by atoms with E-state index in [4.69, 9.17) is 10.5 Å². The van der Waals surface area contributed by atoms with Gasteiger partial charge in [0.15, 0.2) is 0 Å². The van der Waals surface area contributed by atoms with Crippen molar-refractivity contribution in [1.29, 1.82) is 0 Å². The quantitative estimate of drug-likeness (QED) is 0.742. The topological polar surface area (TPSA) is 87.9 Å². The Morgan fingerprint density at radius 2 is 1.90 bits per heavy atom. The largest absolute Gasteiger partial charge is 0.465 e. The first-order valence-electron chi connectivity index (χ1n) is 6.42. The van der Waals surface area contributed by atoms with Gasteiger partial charge in [0.2, 0.25) is 0 Å². The molecule has 0 fully saturated rings. The van der Waals surface area contributed by atoms with Gasteiger partial charge in [-0.05, 0) is 14.1 Å². The highest BCUT2D eigenvalue weighted by Gasteiger charge is 2.27. The monoisotopic (exact) mass is 314 g/mol. The normalized spacial score (nSPS) is 10.6. The third-order valence-corrected chi connectivity index (χ3v) is 4.28. The molecule has 1 rings (SSSR count). The minimum Gasteiger partial charge on any atom is -0.465 e. The molecule has 0 unspecified atom stereocenters. The van der Waals surface area contributed by atoms with E-state index in [2.05, 4.69) is 5.32 Å². The van der Waals surface area contributed by atoms with E-state index in [1.165, 1.54) is 25.5 Å². The fraction of sp³-hybridized carbons (Fsp3) is 0.538. The van der Waals surface area contributed by atoms with Gasteiger partial charge in [-0.2, -0.15) is 0 Å². The second-order valence-electron chi connectivity index (χ2n) is 4.82. The number of nitrogens with two attached hydrogens (primary N) is 1. The number of esters is 1. The van der Waals surface area contributed by atoms with Crippen LogP contribution in [-0.4, -0.2) is 65.2 Å². The van der Waals surface area contributed by atoms with Crippen molar-refractivity contribution in [3.05, 3.63) is 10.4 Å². The maximum atomic E-state index is 12.0. The minimum absolute atomic E-state index is 0.165. The molecule has 8 heteroatoms. The fourth-order valence-corrected chi connectivity index (χ4v) is 2.86. The highest BCUT2D eigenvalue weighted by Crippen LogP contribution is 2.38. The lowest BCUT2D eigenvalue weighted by Gasteiger charge is -2.21. The molecule has 0 spiro atoms. The average Bonchev–Trinajstić information content (AvgIpc) is 2.80. The van der Waals surface area contributed by atoms with E-state index < -0.39 is 5.97 Å². The van der Waals surface area contributed by atoms with Crippen molar-refractivity contribution in [1.82, 2.24) is 10.2 Å². The van der Waals surface area contributed by atoms with Crippen LogP contribution in [0.15, 0.2) is 0 Å². The molecule has 0 bridgehead atoms. The van der Waals surface area contributed by atoms with Crippen LogP contribution in [0, 0.1) is 0 Å². The molecular formula is C13H22N4O3S. The summed E-state index contributed by atoms with van der Waals surface area (Å²) in [6.07, 6.45) is 0. The predicted octanol–water partition coefficient (Wildman–Crippen LogP) is 0.474. The first-order chi connectivity index (χ1) is 9.83. The van der Waals surface area contributed by atoms with E-state index in [-0.39, 0.29) is 16.5 Å². The average molecular weight is 314 g/mol. The molecule has 0 saturated carbocycles. The summed E-state index contributed by atoms with van der Waals surface area (Å²) in [5, 5.41) is 3.21. The molecule has 1 aromatic rings. The van der Waals surface area contributed by atoms with E-state index in [1.54, 1.807) is 0 Å². The number of anilines is 2. The highest BCUT2D eigenvalue weighted by atomic mass is 32.1. The van der Waals surface area contributed by atoms with Crippen molar-refractivity contribution in [3.8, 4) is 0 Å². The van der Waals surface area contributed by atoms with Crippen molar-refractivity contribution in [2.45, 2.75) is 0 Å². The summed E-state index contributed by atoms with van der Waals surface area (Å²) in [7, 11) is 8.62. The molecule has 0 aliphatic rings. The van der Waals surface area contributed by atoms with Crippen LogP contribution in [-0.2, 0) is 4.74 Å². The molecule has 0 aliphatic heterocycles. The van der Waals surface area contributed by atoms with Crippen LogP contribution in [0.5, 0.6) is 0 Å². The number of carbonyl (C=O) groups is 2. The molecule has 1 amide bonds. The number of amides is 1. The van der Waals surface area contributed by atoms with Gasteiger partial charge in [-0.15, -0.1) is 11.3 Å². The molecule has 1 heterocycles. The summed E-state index contributed by atoms with van der Waals surface area (Å²) in [6.45, 7) is 1.52. The van der Waals surface area contributed by atoms with E-state index in [0.29, 0.717) is 17.1 Å². The second-order valence-corrected chi connectivity index (χ2v) is 5.82. The van der Waals surface area contributed by atoms with Crippen LogP contribution >= 0.6 is 11.3 Å². The molecule has 0 aromatic carbocycles. The zero-order chi connectivity index (χ0) is 16.2. The number of methoxy groups -OCH3 is 1. The second kappa shape index (κ2) is 7.28. The summed E-state index contributed by atoms with van der Waals surface area (Å²) < 4.78 is 4.71. The van der Waals surface area contributed by atoms with Crippen molar-refractivity contribution in [2.75, 3.05) is 59.0 Å². The van der Waals surface area contributed by atoms with Gasteiger partial charge < -0.3 is 25.6 Å². The summed E-state index contributed by atoms with van der Waals surface area (Å²) in [5.41, 5.74) is 6.45. The summed E-state index contributed by atoms with van der Waals surface area (Å²) in [5.74, 6) is -0.847. The standard InChI is InChI=1S/C13H22N4O3S/c1-15-11(18)8-9(14)10(13(19)20-5)21-12(8)17(4)7-6-16(2)3/h6-7,14H2,1-5H3,(H,15,18). The lowest BCUT2D eigenvalue weighted by Crippen LogP contribution is -2.30. The molecule has 0 aliphatic carbocycles. The number of likely N-dealkylation sites (N-methyl/N-ethyl adjacent to an activating group) is 2. The molecule has 7 nitrogen and oxygen atoms in total. The van der Waals surface area contributed by atoms with Crippen LogP contribution in [0.4, 0.5) is 10.7 Å². The van der Waals surface area contributed by atoms with Crippen molar-refractivity contribution in [3.63, 3.8) is 0 Å². The van der Waals surface area contributed by atoms with Gasteiger partial charge in [0.1, 0.15) is 9.88 Å². The Labute approximate surface area is 128 Å². The Balaban J connectivity index is 3.22. The fourth-order valence-electron chi connectivity index (χ4n) is 1.74. The number of nitrogens with one attached hydrogen (secondary N) is 1. The lowest BCUT2D eigenvalue weighted by molar-refractivity contribution is 0.0607. The Kier molecular flexibility index (Phi) is 5.98. The number of carbonyl (C=O) groups excluding carboxylic acids is 2. The first kappa shape index (κ1) is 17.3. The van der Waals surface area contributed by atoms with Gasteiger partial charge in [-0.25, -0.2) is 4.79 Å². The molecule has 0 saturated heterocycles. The molecular weight excluding hydrogens is 292 g/mol. The minimum atomic E-state index is -0.532. The van der Waals surface area contributed by atoms with Crippen molar-refractivity contribution in [2.24, 2.45) is 0 Å². The number of thiophene rings is 1. The Morgan fingerprint density at radius 3 is 2.38 bits per heavy atom. The number of ether oxygens (including phenoxy) is 1. The molecule has 0 atom stereocenters. The Bertz CT molecular complexity index is 528. The number of rotatable bonds is 6. The number of hydrogen-bond donors (Lipinski definition) is 2. The van der Waals surface area contributed by atoms with Crippen LogP contribution in [0.3, 0.4) is 0 Å². The van der Waals surface area contributed by atoms with Crippen molar-refractivity contribution >= 4 is 33.9 Å². The number of nitrogens with zero attached hydrogens (tertiary/aromatic N) is 2. The van der Waals surface area contributed by atoms with Gasteiger partial charge in [-0.1, -0.05) is 0 Å². The summed E-state index contributed by atoms with van der Waals surface area (Å²) in [4.78, 5) is 28.0. The number of nitrogen functional groups attached to an aromatic ring is 1. The molecule has 3 N–H and O–H groups in total. The van der Waals surface area contributed by atoms with Crippen LogP contribution in [0.25, 0.3) is 0 Å². The number of hydrogen-bond acceptors (Lipinski definition) is 7. The SMILES string of the molecule is CNC(=O)c1c(N(C)CCN(C)C)sc(C(=O)OC)c1N. The van der Waals surface area contributed by atoms with Gasteiger partial charge in [0.05, 0.1) is 18.4 Å².